The van der Waals surface area contributed by atoms with Gasteiger partial charge in [0.15, 0.2) is 0 Å². The third kappa shape index (κ3) is 1.29. The van der Waals surface area contributed by atoms with Crippen LogP contribution in [0.5, 0.6) is 0 Å². The van der Waals surface area contributed by atoms with Crippen molar-refractivity contribution in [3.05, 3.63) is 0 Å². The molecule has 0 bridgehead atoms. The van der Waals surface area contributed by atoms with Gasteiger partial charge in [0.2, 0.25) is 10.3 Å². The van der Waals surface area contributed by atoms with Crippen LogP contribution in [0.25, 0.3) is 0 Å². The first-order chi connectivity index (χ1) is 4.22. The van der Waals surface area contributed by atoms with Crippen molar-refractivity contribution in [2.75, 3.05) is 6.54 Å². The van der Waals surface area contributed by atoms with E-state index in [1.807, 2.05) is 0 Å². The first-order valence-electron chi connectivity index (χ1n) is 2.67. The average Bonchev–Trinajstić information content (AvgIpc) is 2.13. The largest absolute Gasteiger partial charge is 0.322 e. The Labute approximate surface area is 54.6 Å². The maximum atomic E-state index is 10.2. The molecule has 1 fully saturated rings. The van der Waals surface area contributed by atoms with Gasteiger partial charge in [0.25, 0.3) is 0 Å². The van der Waals surface area contributed by atoms with E-state index in [-0.39, 0.29) is 11.0 Å². The Hall–Kier alpha value is -0.390. The summed E-state index contributed by atoms with van der Waals surface area (Å²) in [6.07, 6.45) is 0.712. The molecule has 0 radical (unpaired) electrons. The number of hydrogen-bond donors (Lipinski definition) is 2. The molecule has 1 heterocycles. The molecule has 3 N–H and O–H groups in total. The zero-order valence-electron chi connectivity index (χ0n) is 4.79. The highest BCUT2D eigenvalue weighted by atomic mass is 32.2. The molecule has 1 unspecified atom stereocenters. The summed E-state index contributed by atoms with van der Waals surface area (Å²) in [5.41, 5.74) is 5.39. The molecule has 1 saturated heterocycles. The molecule has 0 aromatic carbocycles. The van der Waals surface area contributed by atoms with Crippen molar-refractivity contribution in [2.45, 2.75) is 12.5 Å². The molecular weight excluding hydrogens is 140 g/mol. The minimum atomic E-state index is -2.14. The van der Waals surface area contributed by atoms with Crippen LogP contribution in [0.15, 0.2) is 0 Å². The number of nitrogens with one attached hydrogen (secondary N) is 1. The molecule has 0 spiro atoms. The van der Waals surface area contributed by atoms with Crippen LogP contribution in [0.3, 0.4) is 0 Å². The van der Waals surface area contributed by atoms with Crippen LogP contribution in [0.2, 0.25) is 0 Å². The van der Waals surface area contributed by atoms with E-state index in [4.69, 9.17) is 5.73 Å². The first-order valence-corrected chi connectivity index (χ1v) is 3.75. The van der Waals surface area contributed by atoms with E-state index in [0.29, 0.717) is 13.0 Å². The quantitative estimate of drug-likeness (QED) is 0.402. The van der Waals surface area contributed by atoms with Gasteiger partial charge >= 0.3 is 0 Å². The molecule has 52 valence electrons. The first kappa shape index (κ1) is 6.73. The van der Waals surface area contributed by atoms with E-state index in [0.717, 1.165) is 0 Å². The van der Waals surface area contributed by atoms with Crippen molar-refractivity contribution in [1.82, 2.24) is 5.32 Å². The third-order valence-corrected chi connectivity index (χ3v) is 2.08. The molecule has 0 amide bonds. The Balaban J connectivity index is 2.97. The topological polar surface area (TPSA) is 72.2 Å². The molecule has 4 nitrogen and oxygen atoms in total. The molecule has 9 heavy (non-hydrogen) atoms. The van der Waals surface area contributed by atoms with E-state index in [1.54, 1.807) is 0 Å². The smallest absolute Gasteiger partial charge is 0.229 e. The Morgan fingerprint density at radius 2 is 2.33 bits per heavy atom. The fraction of sp³-hybridized carbons (Fsp3) is 0.750. The van der Waals surface area contributed by atoms with E-state index in [9.17, 15) is 8.42 Å². The Morgan fingerprint density at radius 1 is 1.67 bits per heavy atom. The number of rotatable bonds is 0. The van der Waals surface area contributed by atoms with Crippen LogP contribution in [-0.2, 0) is 10.3 Å². The molecule has 1 rings (SSSR count). The molecule has 5 heteroatoms. The Bertz CT molecular complexity index is 223. The van der Waals surface area contributed by atoms with Gasteiger partial charge in [-0.1, -0.05) is 0 Å². The molecule has 0 aliphatic carbocycles. The molecule has 0 saturated carbocycles. The molecule has 0 aromatic heterocycles. The number of hydrogen-bond acceptors (Lipinski definition) is 3. The summed E-state index contributed by atoms with van der Waals surface area (Å²) in [5.74, 6) is 0. The second-order valence-corrected chi connectivity index (χ2v) is 2.83. The van der Waals surface area contributed by atoms with Crippen molar-refractivity contribution in [3.63, 3.8) is 0 Å². The Kier molecular flexibility index (Phi) is 1.84. The van der Waals surface area contributed by atoms with E-state index in [1.165, 1.54) is 0 Å². The van der Waals surface area contributed by atoms with Gasteiger partial charge in [-0.2, -0.15) is 8.42 Å². The molecule has 0 aromatic rings. The highest BCUT2D eigenvalue weighted by molar-refractivity contribution is 7.73. The van der Waals surface area contributed by atoms with Gasteiger partial charge in [-0.05, 0) is 6.42 Å². The zero-order valence-corrected chi connectivity index (χ0v) is 5.61. The summed E-state index contributed by atoms with van der Waals surface area (Å²) in [7, 11) is -2.14. The van der Waals surface area contributed by atoms with Crippen LogP contribution in [-0.4, -0.2) is 26.0 Å². The van der Waals surface area contributed by atoms with E-state index in [2.05, 4.69) is 5.32 Å². The van der Waals surface area contributed by atoms with Gasteiger partial charge < -0.3 is 5.73 Å². The summed E-state index contributed by atoms with van der Waals surface area (Å²) < 4.78 is 20.5. The maximum absolute atomic E-state index is 10.2. The van der Waals surface area contributed by atoms with E-state index < -0.39 is 10.3 Å². The normalized spacial score (nSPS) is 26.8. The van der Waals surface area contributed by atoms with Crippen LogP contribution in [0.4, 0.5) is 0 Å². The fourth-order valence-corrected chi connectivity index (χ4v) is 1.38. The monoisotopic (exact) mass is 148 g/mol. The molecule has 1 atom stereocenters. The predicted molar refractivity (Wildman–Crippen MR) is 34.5 cm³/mol. The summed E-state index contributed by atoms with van der Waals surface area (Å²) >= 11 is 0. The SMILES string of the molecule is NC1CCNC1=S(=O)=O. The lowest BCUT2D eigenvalue weighted by Crippen LogP contribution is -2.31. The minimum Gasteiger partial charge on any atom is -0.322 e. The summed E-state index contributed by atoms with van der Waals surface area (Å²) in [6.45, 7) is 0.671. The van der Waals surface area contributed by atoms with E-state index >= 15 is 0 Å². The summed E-state index contributed by atoms with van der Waals surface area (Å²) in [6, 6.07) is -0.302. The van der Waals surface area contributed by atoms with Crippen LogP contribution < -0.4 is 11.1 Å². The standard InChI is InChI=1S/C4H8N2O2S/c5-3-1-2-6-4(3)9(7)8/h3,6H,1-2,5H2. The highest BCUT2D eigenvalue weighted by Gasteiger charge is 2.18. The molecule has 1 aliphatic rings. The van der Waals surface area contributed by atoms with Gasteiger partial charge in [-0.15, -0.1) is 0 Å². The van der Waals surface area contributed by atoms with Gasteiger partial charge in [-0.3, -0.25) is 5.32 Å². The summed E-state index contributed by atoms with van der Waals surface area (Å²) in [4.78, 5) is 0.245. The second-order valence-electron chi connectivity index (χ2n) is 1.92. The van der Waals surface area contributed by atoms with Gasteiger partial charge in [-0.25, -0.2) is 0 Å². The van der Waals surface area contributed by atoms with Crippen molar-refractivity contribution in [3.8, 4) is 0 Å². The average molecular weight is 148 g/mol. The van der Waals surface area contributed by atoms with Crippen LogP contribution in [0.1, 0.15) is 6.42 Å². The predicted octanol–water partition coefficient (Wildman–Crippen LogP) is -1.68. The van der Waals surface area contributed by atoms with Gasteiger partial charge in [0.05, 0.1) is 6.04 Å². The zero-order chi connectivity index (χ0) is 6.85. The lowest BCUT2D eigenvalue weighted by atomic mass is 10.3. The summed E-state index contributed by atoms with van der Waals surface area (Å²) in [5, 5.41) is 2.68. The maximum Gasteiger partial charge on any atom is 0.229 e. The molecule has 1 aliphatic heterocycles. The minimum absolute atomic E-state index is 0.245. The Morgan fingerprint density at radius 3 is 2.56 bits per heavy atom. The molecular formula is C4H8N2O2S. The van der Waals surface area contributed by atoms with Crippen molar-refractivity contribution >= 4 is 15.3 Å². The van der Waals surface area contributed by atoms with Crippen LogP contribution >= 0.6 is 0 Å². The van der Waals surface area contributed by atoms with Crippen molar-refractivity contribution in [2.24, 2.45) is 5.73 Å². The second kappa shape index (κ2) is 2.47. The lowest BCUT2D eigenvalue weighted by molar-refractivity contribution is 0.626. The lowest BCUT2D eigenvalue weighted by Gasteiger charge is -1.94. The van der Waals surface area contributed by atoms with Crippen molar-refractivity contribution < 1.29 is 8.42 Å². The third-order valence-electron chi connectivity index (χ3n) is 1.27. The van der Waals surface area contributed by atoms with Crippen molar-refractivity contribution in [1.29, 1.82) is 0 Å². The van der Waals surface area contributed by atoms with Gasteiger partial charge in [0.1, 0.15) is 4.99 Å². The fourth-order valence-electron chi connectivity index (χ4n) is 0.796. The highest BCUT2D eigenvalue weighted by Crippen LogP contribution is 1.94. The van der Waals surface area contributed by atoms with Gasteiger partial charge in [0, 0.05) is 6.54 Å². The number of nitrogens with two attached hydrogens (primary N) is 1. The van der Waals surface area contributed by atoms with Crippen LogP contribution in [0, 0.1) is 0 Å².